The first-order chi connectivity index (χ1) is 15.1. The summed E-state index contributed by atoms with van der Waals surface area (Å²) in [5.41, 5.74) is 5.09. The van der Waals surface area contributed by atoms with E-state index in [2.05, 4.69) is 25.1 Å². The van der Waals surface area contributed by atoms with E-state index >= 15 is 0 Å². The zero-order valence-electron chi connectivity index (χ0n) is 18.3. The molecule has 0 bridgehead atoms. The first-order valence-electron chi connectivity index (χ1n) is 10.5. The summed E-state index contributed by atoms with van der Waals surface area (Å²) in [6.45, 7) is 8.73. The number of hydrogen-bond donors (Lipinski definition) is 0. The van der Waals surface area contributed by atoms with Gasteiger partial charge in [0.15, 0.2) is 23.0 Å². The highest BCUT2D eigenvalue weighted by atomic mass is 16.7. The Kier molecular flexibility index (Phi) is 6.51. The van der Waals surface area contributed by atoms with Crippen LogP contribution in [0.3, 0.4) is 0 Å². The van der Waals surface area contributed by atoms with E-state index in [0.717, 1.165) is 41.8 Å². The molecule has 31 heavy (non-hydrogen) atoms. The molecule has 6 rings (SSSR count). The SMILES string of the molecule is Cc1ccc2c(c1)CCO2.Cc1ccc2c(c1)OCCO2.Cc1ccc2c(c1)OCO2. The molecule has 5 heteroatoms. The van der Waals surface area contributed by atoms with Gasteiger partial charge < -0.3 is 23.7 Å². The molecule has 0 unspecified atom stereocenters. The molecule has 0 radical (unpaired) electrons. The van der Waals surface area contributed by atoms with Crippen LogP contribution >= 0.6 is 0 Å². The van der Waals surface area contributed by atoms with E-state index in [4.69, 9.17) is 23.7 Å². The number of ether oxygens (including phenoxy) is 5. The van der Waals surface area contributed by atoms with E-state index in [1.807, 2.05) is 50.2 Å². The molecule has 3 aromatic carbocycles. The fourth-order valence-corrected chi connectivity index (χ4v) is 3.47. The minimum Gasteiger partial charge on any atom is -0.493 e. The second kappa shape index (κ2) is 9.65. The minimum absolute atomic E-state index is 0.360. The Morgan fingerprint density at radius 1 is 0.484 bits per heavy atom. The van der Waals surface area contributed by atoms with Gasteiger partial charge in [-0.1, -0.05) is 29.8 Å². The van der Waals surface area contributed by atoms with Crippen LogP contribution in [-0.2, 0) is 6.42 Å². The first-order valence-corrected chi connectivity index (χ1v) is 10.5. The van der Waals surface area contributed by atoms with Crippen LogP contribution in [0.5, 0.6) is 28.7 Å². The molecule has 3 aromatic rings. The summed E-state index contributed by atoms with van der Waals surface area (Å²) in [6.07, 6.45) is 1.08. The smallest absolute Gasteiger partial charge is 0.231 e. The normalized spacial score (nSPS) is 14.3. The number of rotatable bonds is 0. The summed E-state index contributed by atoms with van der Waals surface area (Å²) >= 11 is 0. The van der Waals surface area contributed by atoms with Crippen molar-refractivity contribution in [3.05, 3.63) is 76.9 Å². The maximum Gasteiger partial charge on any atom is 0.231 e. The third-order valence-electron chi connectivity index (χ3n) is 5.07. The van der Waals surface area contributed by atoms with Gasteiger partial charge in [0, 0.05) is 6.42 Å². The largest absolute Gasteiger partial charge is 0.493 e. The van der Waals surface area contributed by atoms with Crippen molar-refractivity contribution >= 4 is 0 Å². The molecular weight excluding hydrogens is 392 g/mol. The lowest BCUT2D eigenvalue weighted by molar-refractivity contribution is 0.171. The van der Waals surface area contributed by atoms with Gasteiger partial charge in [0.1, 0.15) is 19.0 Å². The van der Waals surface area contributed by atoms with Gasteiger partial charge in [-0.3, -0.25) is 0 Å². The maximum atomic E-state index is 5.38. The number of hydrogen-bond acceptors (Lipinski definition) is 5. The van der Waals surface area contributed by atoms with Crippen molar-refractivity contribution in [2.75, 3.05) is 26.6 Å². The topological polar surface area (TPSA) is 46.2 Å². The summed E-state index contributed by atoms with van der Waals surface area (Å²) in [4.78, 5) is 0. The lowest BCUT2D eigenvalue weighted by atomic mass is 10.1. The third kappa shape index (κ3) is 5.43. The van der Waals surface area contributed by atoms with Gasteiger partial charge in [-0.2, -0.15) is 0 Å². The van der Waals surface area contributed by atoms with E-state index in [-0.39, 0.29) is 0 Å². The molecule has 0 spiro atoms. The highest BCUT2D eigenvalue weighted by Gasteiger charge is 2.12. The van der Waals surface area contributed by atoms with Crippen LogP contribution in [0.4, 0.5) is 0 Å². The average molecular weight is 421 g/mol. The molecule has 0 fully saturated rings. The zero-order valence-corrected chi connectivity index (χ0v) is 18.3. The fraction of sp³-hybridized carbons (Fsp3) is 0.308. The molecule has 0 saturated heterocycles. The highest BCUT2D eigenvalue weighted by Crippen LogP contribution is 2.32. The van der Waals surface area contributed by atoms with Crippen LogP contribution in [0.2, 0.25) is 0 Å². The Morgan fingerprint density at radius 3 is 1.68 bits per heavy atom. The number of fused-ring (bicyclic) bond motifs is 3. The Labute approximate surface area is 183 Å². The van der Waals surface area contributed by atoms with Crippen molar-refractivity contribution < 1.29 is 23.7 Å². The minimum atomic E-state index is 0.360. The molecule has 0 amide bonds. The lowest BCUT2D eigenvalue weighted by Gasteiger charge is -2.18. The summed E-state index contributed by atoms with van der Waals surface area (Å²) < 4.78 is 26.4. The van der Waals surface area contributed by atoms with Gasteiger partial charge >= 0.3 is 0 Å². The summed E-state index contributed by atoms with van der Waals surface area (Å²) in [7, 11) is 0. The van der Waals surface area contributed by atoms with E-state index in [0.29, 0.717) is 20.0 Å². The van der Waals surface area contributed by atoms with Gasteiger partial charge in [0.05, 0.1) is 6.61 Å². The van der Waals surface area contributed by atoms with Crippen LogP contribution in [-0.4, -0.2) is 26.6 Å². The lowest BCUT2D eigenvalue weighted by Crippen LogP contribution is -2.15. The van der Waals surface area contributed by atoms with Gasteiger partial charge in [-0.15, -0.1) is 0 Å². The predicted octanol–water partition coefficient (Wildman–Crippen LogP) is 5.42. The zero-order chi connectivity index (χ0) is 21.6. The summed E-state index contributed by atoms with van der Waals surface area (Å²) in [5.74, 6) is 4.52. The van der Waals surface area contributed by atoms with Crippen LogP contribution < -0.4 is 23.7 Å². The second-order valence-electron chi connectivity index (χ2n) is 7.71. The van der Waals surface area contributed by atoms with E-state index in [1.54, 1.807) is 0 Å². The van der Waals surface area contributed by atoms with Crippen molar-refractivity contribution in [3.8, 4) is 28.7 Å². The van der Waals surface area contributed by atoms with Crippen LogP contribution in [0.15, 0.2) is 54.6 Å². The van der Waals surface area contributed by atoms with Gasteiger partial charge in [-0.25, -0.2) is 0 Å². The Balaban J connectivity index is 0.000000112. The van der Waals surface area contributed by atoms with Crippen molar-refractivity contribution in [2.45, 2.75) is 27.2 Å². The molecule has 5 nitrogen and oxygen atoms in total. The monoisotopic (exact) mass is 420 g/mol. The molecule has 0 atom stereocenters. The molecule has 3 heterocycles. The molecule has 0 N–H and O–H groups in total. The number of aryl methyl sites for hydroxylation is 3. The Bertz CT molecular complexity index is 988. The fourth-order valence-electron chi connectivity index (χ4n) is 3.47. The standard InChI is InChI=1S/C9H10O2.C9H10O.C8H8O2/c1-7-2-3-8-9(6-7)11-5-4-10-8;1-7-2-3-9-8(6-7)4-5-10-9;1-6-2-3-7-8(4-6)10-5-9-7/h2-3,6H,4-5H2,1H3;2-3,6H,4-5H2,1H3;2-4H,5H2,1H3. The Morgan fingerprint density at radius 2 is 0.968 bits per heavy atom. The molecular formula is C26H28O5. The Hall–Kier alpha value is -3.34. The number of benzene rings is 3. The van der Waals surface area contributed by atoms with Crippen molar-refractivity contribution in [1.82, 2.24) is 0 Å². The van der Waals surface area contributed by atoms with E-state index in [9.17, 15) is 0 Å². The van der Waals surface area contributed by atoms with Crippen LogP contribution in [0.25, 0.3) is 0 Å². The molecule has 0 aromatic heterocycles. The average Bonchev–Trinajstić information content (AvgIpc) is 3.43. The van der Waals surface area contributed by atoms with Gasteiger partial charge in [0.2, 0.25) is 6.79 Å². The molecule has 162 valence electrons. The van der Waals surface area contributed by atoms with Gasteiger partial charge in [0.25, 0.3) is 0 Å². The summed E-state index contributed by atoms with van der Waals surface area (Å²) in [6, 6.07) is 18.2. The molecule has 3 aliphatic heterocycles. The molecule has 0 saturated carbocycles. The quantitative estimate of drug-likeness (QED) is 0.486. The molecule has 0 aliphatic carbocycles. The van der Waals surface area contributed by atoms with Crippen molar-refractivity contribution in [2.24, 2.45) is 0 Å². The van der Waals surface area contributed by atoms with Gasteiger partial charge in [-0.05, 0) is 67.8 Å². The highest BCUT2D eigenvalue weighted by molar-refractivity contribution is 5.44. The maximum absolute atomic E-state index is 5.38. The van der Waals surface area contributed by atoms with Crippen molar-refractivity contribution in [3.63, 3.8) is 0 Å². The second-order valence-corrected chi connectivity index (χ2v) is 7.71. The predicted molar refractivity (Wildman–Crippen MR) is 120 cm³/mol. The van der Waals surface area contributed by atoms with Crippen LogP contribution in [0, 0.1) is 20.8 Å². The van der Waals surface area contributed by atoms with E-state index in [1.165, 1.54) is 22.3 Å². The van der Waals surface area contributed by atoms with Crippen molar-refractivity contribution in [1.29, 1.82) is 0 Å². The first kappa shape index (κ1) is 20.9. The van der Waals surface area contributed by atoms with E-state index < -0.39 is 0 Å². The molecule has 3 aliphatic rings. The third-order valence-corrected chi connectivity index (χ3v) is 5.07. The van der Waals surface area contributed by atoms with Crippen LogP contribution in [0.1, 0.15) is 22.3 Å². The summed E-state index contributed by atoms with van der Waals surface area (Å²) in [5, 5.41) is 0.